The van der Waals surface area contributed by atoms with Crippen LogP contribution in [0.15, 0.2) is 29.4 Å². The fourth-order valence-electron chi connectivity index (χ4n) is 1.53. The molecule has 0 unspecified atom stereocenters. The second kappa shape index (κ2) is 6.20. The largest absolute Gasteiger partial charge is 0.352 e. The van der Waals surface area contributed by atoms with Gasteiger partial charge in [0.05, 0.1) is 18.8 Å². The number of nitrogens with zero attached hydrogens (tertiary/aromatic N) is 2. The molecule has 0 saturated carbocycles. The zero-order valence-corrected chi connectivity index (χ0v) is 11.3. The lowest BCUT2D eigenvalue weighted by molar-refractivity contribution is 0.794. The molecular weight excluding hydrogens is 246 g/mol. The number of thiophene rings is 1. The number of nitrogens with one attached hydrogen (secondary N) is 3. The second-order valence-electron chi connectivity index (χ2n) is 3.87. The number of hydrogen-bond acceptors (Lipinski definition) is 3. The van der Waals surface area contributed by atoms with E-state index < -0.39 is 0 Å². The van der Waals surface area contributed by atoms with Gasteiger partial charge >= 0.3 is 0 Å². The maximum atomic E-state index is 4.17. The molecule has 96 valence electrons. The number of aryl methyl sites for hydroxylation is 1. The topological polar surface area (TPSA) is 65.1 Å². The number of aromatic nitrogens is 2. The predicted molar refractivity (Wildman–Crippen MR) is 74.7 cm³/mol. The number of guanidine groups is 1. The van der Waals surface area contributed by atoms with Gasteiger partial charge in [-0.2, -0.15) is 5.10 Å². The van der Waals surface area contributed by atoms with Crippen molar-refractivity contribution in [2.45, 2.75) is 20.0 Å². The molecule has 0 aliphatic carbocycles. The van der Waals surface area contributed by atoms with Gasteiger partial charge < -0.3 is 10.6 Å². The number of H-pyrrole nitrogens is 1. The minimum atomic E-state index is 0.684. The van der Waals surface area contributed by atoms with Gasteiger partial charge in [-0.15, -0.1) is 11.3 Å². The van der Waals surface area contributed by atoms with Crippen LogP contribution in [0.4, 0.5) is 0 Å². The fraction of sp³-hybridized carbons (Fsp3) is 0.333. The second-order valence-corrected chi connectivity index (χ2v) is 5.25. The molecule has 5 nitrogen and oxygen atoms in total. The molecular formula is C12H17N5S. The summed E-state index contributed by atoms with van der Waals surface area (Å²) in [5.74, 6) is 0.788. The quantitative estimate of drug-likeness (QED) is 0.580. The molecule has 2 heterocycles. The van der Waals surface area contributed by atoms with Crippen molar-refractivity contribution >= 4 is 17.3 Å². The number of hydrogen-bond donors (Lipinski definition) is 3. The SMILES string of the molecule is CN=C(NCc1ccn[nH]1)NCc1ccc(C)s1. The monoisotopic (exact) mass is 263 g/mol. The lowest BCUT2D eigenvalue weighted by Gasteiger charge is -2.10. The van der Waals surface area contributed by atoms with E-state index in [2.05, 4.69) is 44.9 Å². The minimum absolute atomic E-state index is 0.684. The molecule has 2 aromatic rings. The molecule has 0 aliphatic heterocycles. The Labute approximate surface area is 110 Å². The molecule has 18 heavy (non-hydrogen) atoms. The Hall–Kier alpha value is -1.82. The average Bonchev–Trinajstić information content (AvgIpc) is 3.01. The number of rotatable bonds is 4. The van der Waals surface area contributed by atoms with E-state index in [0.717, 1.165) is 18.2 Å². The van der Waals surface area contributed by atoms with Crippen molar-refractivity contribution in [3.8, 4) is 0 Å². The van der Waals surface area contributed by atoms with Gasteiger partial charge in [0.1, 0.15) is 0 Å². The van der Waals surface area contributed by atoms with Gasteiger partial charge in [0, 0.05) is 23.0 Å². The van der Waals surface area contributed by atoms with E-state index in [-0.39, 0.29) is 0 Å². The normalized spacial score (nSPS) is 11.6. The molecule has 0 aliphatic rings. The highest BCUT2D eigenvalue weighted by Crippen LogP contribution is 2.14. The van der Waals surface area contributed by atoms with Crippen LogP contribution in [0, 0.1) is 6.92 Å². The molecule has 0 bridgehead atoms. The van der Waals surface area contributed by atoms with Crippen LogP contribution >= 0.6 is 11.3 Å². The third-order valence-electron chi connectivity index (χ3n) is 2.45. The molecule has 6 heteroatoms. The molecule has 0 fully saturated rings. The van der Waals surface area contributed by atoms with Crippen molar-refractivity contribution in [3.63, 3.8) is 0 Å². The lowest BCUT2D eigenvalue weighted by Crippen LogP contribution is -2.36. The van der Waals surface area contributed by atoms with Crippen molar-refractivity contribution < 1.29 is 0 Å². The Morgan fingerprint density at radius 3 is 2.78 bits per heavy atom. The molecule has 0 spiro atoms. The highest BCUT2D eigenvalue weighted by molar-refractivity contribution is 7.11. The molecule has 0 saturated heterocycles. The molecule has 0 amide bonds. The predicted octanol–water partition coefficient (Wildman–Crippen LogP) is 1.64. The standard InChI is InChI=1S/C12H17N5S/c1-9-3-4-11(18-9)8-15-12(13-2)14-7-10-5-6-16-17-10/h3-6H,7-8H2,1-2H3,(H,16,17)(H2,13,14,15). The van der Waals surface area contributed by atoms with Crippen molar-refractivity contribution in [2.75, 3.05) is 7.05 Å². The summed E-state index contributed by atoms with van der Waals surface area (Å²) in [4.78, 5) is 6.80. The number of aliphatic imine (C=N–C) groups is 1. The van der Waals surface area contributed by atoms with E-state index in [0.29, 0.717) is 6.54 Å². The summed E-state index contributed by atoms with van der Waals surface area (Å²) in [7, 11) is 1.77. The van der Waals surface area contributed by atoms with E-state index in [4.69, 9.17) is 0 Å². The van der Waals surface area contributed by atoms with Crippen LogP contribution in [0.1, 0.15) is 15.4 Å². The molecule has 3 N–H and O–H groups in total. The lowest BCUT2D eigenvalue weighted by atomic mass is 10.4. The zero-order valence-electron chi connectivity index (χ0n) is 10.5. The minimum Gasteiger partial charge on any atom is -0.352 e. The van der Waals surface area contributed by atoms with Gasteiger partial charge in [0.25, 0.3) is 0 Å². The Balaban J connectivity index is 1.79. The summed E-state index contributed by atoms with van der Waals surface area (Å²) in [5.41, 5.74) is 1.03. The van der Waals surface area contributed by atoms with Crippen molar-refractivity contribution in [2.24, 2.45) is 4.99 Å². The van der Waals surface area contributed by atoms with E-state index in [1.165, 1.54) is 9.75 Å². The summed E-state index contributed by atoms with van der Waals surface area (Å²) in [6.07, 6.45) is 1.74. The summed E-state index contributed by atoms with van der Waals surface area (Å²) in [5, 5.41) is 13.3. The van der Waals surface area contributed by atoms with Crippen LogP contribution in [0.2, 0.25) is 0 Å². The van der Waals surface area contributed by atoms with Gasteiger partial charge in [-0.1, -0.05) is 0 Å². The highest BCUT2D eigenvalue weighted by Gasteiger charge is 2.00. The fourth-order valence-corrected chi connectivity index (χ4v) is 2.36. The summed E-state index contributed by atoms with van der Waals surface area (Å²) >= 11 is 1.79. The van der Waals surface area contributed by atoms with Crippen LogP contribution in [-0.4, -0.2) is 23.2 Å². The Morgan fingerprint density at radius 1 is 1.33 bits per heavy atom. The highest BCUT2D eigenvalue weighted by atomic mass is 32.1. The van der Waals surface area contributed by atoms with Crippen LogP contribution < -0.4 is 10.6 Å². The summed E-state index contributed by atoms with van der Waals surface area (Å²) in [6, 6.07) is 6.19. The third-order valence-corrected chi connectivity index (χ3v) is 3.46. The first kappa shape index (κ1) is 12.6. The zero-order chi connectivity index (χ0) is 12.8. The van der Waals surface area contributed by atoms with Crippen LogP contribution in [0.25, 0.3) is 0 Å². The van der Waals surface area contributed by atoms with Crippen molar-refractivity contribution in [3.05, 3.63) is 39.8 Å². The summed E-state index contributed by atoms with van der Waals surface area (Å²) < 4.78 is 0. The van der Waals surface area contributed by atoms with Crippen LogP contribution in [0.3, 0.4) is 0 Å². The number of aromatic amines is 1. The van der Waals surface area contributed by atoms with Gasteiger partial charge in [-0.25, -0.2) is 0 Å². The van der Waals surface area contributed by atoms with Gasteiger partial charge in [-0.05, 0) is 25.1 Å². The third kappa shape index (κ3) is 3.59. The van der Waals surface area contributed by atoms with Crippen LogP contribution in [-0.2, 0) is 13.1 Å². The maximum Gasteiger partial charge on any atom is 0.191 e. The first-order valence-corrected chi connectivity index (χ1v) is 6.57. The van der Waals surface area contributed by atoms with Crippen LogP contribution in [0.5, 0.6) is 0 Å². The van der Waals surface area contributed by atoms with Crippen molar-refractivity contribution in [1.29, 1.82) is 0 Å². The van der Waals surface area contributed by atoms with E-state index in [9.17, 15) is 0 Å². The molecule has 2 aromatic heterocycles. The van der Waals surface area contributed by atoms with Gasteiger partial charge in [0.2, 0.25) is 0 Å². The molecule has 0 atom stereocenters. The Bertz CT molecular complexity index is 500. The summed E-state index contributed by atoms with van der Waals surface area (Å²) in [6.45, 7) is 3.59. The van der Waals surface area contributed by atoms with Gasteiger partial charge in [0.15, 0.2) is 5.96 Å². The average molecular weight is 263 g/mol. The molecule has 0 aromatic carbocycles. The van der Waals surface area contributed by atoms with E-state index >= 15 is 0 Å². The Morgan fingerprint density at radius 2 is 2.17 bits per heavy atom. The smallest absolute Gasteiger partial charge is 0.191 e. The maximum absolute atomic E-state index is 4.17. The van der Waals surface area contributed by atoms with Gasteiger partial charge in [-0.3, -0.25) is 10.1 Å². The first-order chi connectivity index (χ1) is 8.78. The molecule has 0 radical (unpaired) electrons. The van der Waals surface area contributed by atoms with E-state index in [1.807, 2.05) is 6.07 Å². The first-order valence-electron chi connectivity index (χ1n) is 5.76. The Kier molecular flexibility index (Phi) is 4.35. The van der Waals surface area contributed by atoms with E-state index in [1.54, 1.807) is 24.6 Å². The van der Waals surface area contributed by atoms with Crippen molar-refractivity contribution in [1.82, 2.24) is 20.8 Å². The molecule has 2 rings (SSSR count).